The Morgan fingerprint density at radius 3 is 2.78 bits per heavy atom. The maximum atomic E-state index is 6.35. The van der Waals surface area contributed by atoms with Crippen LogP contribution in [0, 0.1) is 5.92 Å². The van der Waals surface area contributed by atoms with Crippen molar-refractivity contribution in [3.63, 3.8) is 0 Å². The summed E-state index contributed by atoms with van der Waals surface area (Å²) < 4.78 is 0. The Bertz CT molecular complexity index is 899. The van der Waals surface area contributed by atoms with Crippen molar-refractivity contribution in [3.8, 4) is 0 Å². The standard InChI is InChI=1S/C21H24ClN5/c1-14-8-10-27(11-9-14)21-23-13-18(22)20(25-21)24-17-6-7-19-16(12-17)5-4-15(2)26(19)3/h4-7,12-14H,2,8-11H2,1,3H3,(H,23,24,25). The van der Waals surface area contributed by atoms with E-state index < -0.39 is 0 Å². The number of hydrogen-bond acceptors (Lipinski definition) is 5. The van der Waals surface area contributed by atoms with Gasteiger partial charge in [0.25, 0.3) is 0 Å². The Hall–Kier alpha value is -2.53. The lowest BCUT2D eigenvalue weighted by Gasteiger charge is -2.30. The molecule has 6 heteroatoms. The molecule has 1 saturated heterocycles. The third-order valence-corrected chi connectivity index (χ3v) is 5.61. The highest BCUT2D eigenvalue weighted by Crippen LogP contribution is 2.33. The lowest BCUT2D eigenvalue weighted by molar-refractivity contribution is 0.434. The highest BCUT2D eigenvalue weighted by Gasteiger charge is 2.19. The number of likely N-dealkylation sites (N-methyl/N-ethyl adjacent to an activating group) is 1. The summed E-state index contributed by atoms with van der Waals surface area (Å²) in [7, 11) is 2.02. The monoisotopic (exact) mass is 381 g/mol. The minimum absolute atomic E-state index is 0.517. The van der Waals surface area contributed by atoms with Crippen molar-refractivity contribution in [2.24, 2.45) is 5.92 Å². The van der Waals surface area contributed by atoms with Crippen molar-refractivity contribution < 1.29 is 0 Å². The molecule has 3 heterocycles. The zero-order valence-corrected chi connectivity index (χ0v) is 16.5. The number of hydrogen-bond donors (Lipinski definition) is 1. The summed E-state index contributed by atoms with van der Waals surface area (Å²) in [4.78, 5) is 13.4. The zero-order chi connectivity index (χ0) is 19.0. The second-order valence-electron chi connectivity index (χ2n) is 7.32. The van der Waals surface area contributed by atoms with Gasteiger partial charge < -0.3 is 15.1 Å². The molecule has 5 nitrogen and oxygen atoms in total. The number of aromatic nitrogens is 2. The van der Waals surface area contributed by atoms with E-state index in [9.17, 15) is 0 Å². The van der Waals surface area contributed by atoms with E-state index in [0.717, 1.165) is 47.6 Å². The number of allylic oxidation sites excluding steroid dienone is 1. The van der Waals surface area contributed by atoms with Crippen LogP contribution in [-0.4, -0.2) is 30.1 Å². The van der Waals surface area contributed by atoms with Gasteiger partial charge in [-0.1, -0.05) is 31.2 Å². The minimum Gasteiger partial charge on any atom is -0.345 e. The van der Waals surface area contributed by atoms with E-state index in [2.05, 4.69) is 56.8 Å². The van der Waals surface area contributed by atoms with Crippen LogP contribution in [0.25, 0.3) is 6.08 Å². The fraction of sp³-hybridized carbons (Fsp3) is 0.333. The van der Waals surface area contributed by atoms with Crippen LogP contribution in [0.1, 0.15) is 25.3 Å². The topological polar surface area (TPSA) is 44.3 Å². The minimum atomic E-state index is 0.517. The van der Waals surface area contributed by atoms with Gasteiger partial charge in [-0.2, -0.15) is 4.98 Å². The molecule has 2 aliphatic rings. The van der Waals surface area contributed by atoms with E-state index in [1.807, 2.05) is 19.2 Å². The van der Waals surface area contributed by atoms with E-state index in [-0.39, 0.29) is 0 Å². The quantitative estimate of drug-likeness (QED) is 0.802. The molecule has 1 N–H and O–H groups in total. The second kappa shape index (κ2) is 7.24. The van der Waals surface area contributed by atoms with Crippen LogP contribution >= 0.6 is 11.6 Å². The molecule has 2 aromatic rings. The molecule has 4 rings (SSSR count). The van der Waals surface area contributed by atoms with Crippen molar-refractivity contribution >= 4 is 40.8 Å². The van der Waals surface area contributed by atoms with Crippen LogP contribution in [0.4, 0.5) is 23.1 Å². The Morgan fingerprint density at radius 1 is 1.22 bits per heavy atom. The summed E-state index contributed by atoms with van der Waals surface area (Å²) in [5.74, 6) is 2.14. The summed E-state index contributed by atoms with van der Waals surface area (Å²) >= 11 is 6.35. The molecule has 2 aliphatic heterocycles. The van der Waals surface area contributed by atoms with Gasteiger partial charge in [-0.25, -0.2) is 4.98 Å². The first kappa shape index (κ1) is 17.9. The fourth-order valence-electron chi connectivity index (χ4n) is 3.47. The number of nitrogens with zero attached hydrogens (tertiary/aromatic N) is 4. The van der Waals surface area contributed by atoms with Gasteiger partial charge in [-0.05, 0) is 43.0 Å². The molecule has 1 aromatic heterocycles. The molecule has 0 spiro atoms. The number of halogens is 1. The number of nitrogens with one attached hydrogen (secondary N) is 1. The van der Waals surface area contributed by atoms with Gasteiger partial charge in [0.2, 0.25) is 5.95 Å². The first-order valence-electron chi connectivity index (χ1n) is 9.30. The molecule has 0 saturated carbocycles. The molecule has 0 aliphatic carbocycles. The fourth-order valence-corrected chi connectivity index (χ4v) is 3.61. The largest absolute Gasteiger partial charge is 0.345 e. The van der Waals surface area contributed by atoms with Gasteiger partial charge >= 0.3 is 0 Å². The summed E-state index contributed by atoms with van der Waals surface area (Å²) in [5.41, 5.74) is 4.18. The average Bonchev–Trinajstić information content (AvgIpc) is 2.67. The summed E-state index contributed by atoms with van der Waals surface area (Å²) in [6.07, 6.45) is 8.11. The molecule has 27 heavy (non-hydrogen) atoms. The number of anilines is 4. The van der Waals surface area contributed by atoms with Gasteiger partial charge in [-0.3, -0.25) is 0 Å². The molecular weight excluding hydrogens is 358 g/mol. The lowest BCUT2D eigenvalue weighted by Crippen LogP contribution is -2.34. The average molecular weight is 382 g/mol. The SMILES string of the molecule is C=C1C=Cc2cc(Nc3nc(N4CCC(C)CC4)ncc3Cl)ccc2N1C. The molecule has 0 amide bonds. The predicted molar refractivity (Wildman–Crippen MR) is 114 cm³/mol. The normalized spacial score (nSPS) is 17.2. The molecule has 0 atom stereocenters. The molecule has 0 bridgehead atoms. The second-order valence-corrected chi connectivity index (χ2v) is 7.73. The summed E-state index contributed by atoms with van der Waals surface area (Å²) in [6, 6.07) is 6.20. The van der Waals surface area contributed by atoms with Crippen molar-refractivity contribution in [2.45, 2.75) is 19.8 Å². The van der Waals surface area contributed by atoms with Gasteiger partial charge in [0.15, 0.2) is 5.82 Å². The predicted octanol–water partition coefficient (Wildman–Crippen LogP) is 5.09. The van der Waals surface area contributed by atoms with E-state index >= 15 is 0 Å². The zero-order valence-electron chi connectivity index (χ0n) is 15.7. The third-order valence-electron chi connectivity index (χ3n) is 5.34. The number of benzene rings is 1. The highest BCUT2D eigenvalue weighted by molar-refractivity contribution is 6.32. The van der Waals surface area contributed by atoms with Crippen molar-refractivity contribution in [1.82, 2.24) is 9.97 Å². The first-order chi connectivity index (χ1) is 13.0. The van der Waals surface area contributed by atoms with Crippen LogP contribution in [0.15, 0.2) is 42.7 Å². The van der Waals surface area contributed by atoms with E-state index in [4.69, 9.17) is 11.6 Å². The van der Waals surface area contributed by atoms with Crippen molar-refractivity contribution in [3.05, 3.63) is 53.3 Å². The van der Waals surface area contributed by atoms with E-state index in [1.165, 1.54) is 12.8 Å². The van der Waals surface area contributed by atoms with E-state index in [1.54, 1.807) is 6.20 Å². The van der Waals surface area contributed by atoms with Gasteiger partial charge in [0, 0.05) is 42.8 Å². The number of piperidine rings is 1. The van der Waals surface area contributed by atoms with Crippen molar-refractivity contribution in [2.75, 3.05) is 35.3 Å². The van der Waals surface area contributed by atoms with Crippen LogP contribution in [0.5, 0.6) is 0 Å². The van der Waals surface area contributed by atoms with Crippen LogP contribution in [0.3, 0.4) is 0 Å². The maximum Gasteiger partial charge on any atom is 0.227 e. The van der Waals surface area contributed by atoms with Gasteiger partial charge in [-0.15, -0.1) is 0 Å². The lowest BCUT2D eigenvalue weighted by atomic mass is 10.00. The highest BCUT2D eigenvalue weighted by atomic mass is 35.5. The maximum absolute atomic E-state index is 6.35. The number of rotatable bonds is 3. The Morgan fingerprint density at radius 2 is 2.00 bits per heavy atom. The Balaban J connectivity index is 1.57. The van der Waals surface area contributed by atoms with Crippen molar-refractivity contribution in [1.29, 1.82) is 0 Å². The molecular formula is C21H24ClN5. The summed E-state index contributed by atoms with van der Waals surface area (Å²) in [5, 5.41) is 3.87. The Labute approximate surface area is 165 Å². The van der Waals surface area contributed by atoms with Gasteiger partial charge in [0.05, 0.1) is 6.20 Å². The molecule has 1 fully saturated rings. The first-order valence-corrected chi connectivity index (χ1v) is 9.68. The van der Waals surface area contributed by atoms with Crippen LogP contribution < -0.4 is 15.1 Å². The van der Waals surface area contributed by atoms with E-state index in [0.29, 0.717) is 10.8 Å². The third kappa shape index (κ3) is 3.65. The molecule has 1 aromatic carbocycles. The molecule has 0 unspecified atom stereocenters. The van der Waals surface area contributed by atoms with Gasteiger partial charge in [0.1, 0.15) is 5.02 Å². The Kier molecular flexibility index (Phi) is 4.79. The molecule has 0 radical (unpaired) electrons. The van der Waals surface area contributed by atoms with Crippen LogP contribution in [-0.2, 0) is 0 Å². The smallest absolute Gasteiger partial charge is 0.227 e. The number of fused-ring (bicyclic) bond motifs is 1. The van der Waals surface area contributed by atoms with Crippen LogP contribution in [0.2, 0.25) is 5.02 Å². The molecule has 140 valence electrons. The summed E-state index contributed by atoms with van der Waals surface area (Å²) in [6.45, 7) is 8.31.